The lowest BCUT2D eigenvalue weighted by atomic mass is 9.77. The highest BCUT2D eigenvalue weighted by Gasteiger charge is 2.37. The van der Waals surface area contributed by atoms with Crippen molar-refractivity contribution in [1.29, 1.82) is 0 Å². The molecule has 0 saturated carbocycles. The van der Waals surface area contributed by atoms with Gasteiger partial charge in [0, 0.05) is 28.4 Å². The van der Waals surface area contributed by atoms with Gasteiger partial charge in [-0.1, -0.05) is 66.2 Å². The van der Waals surface area contributed by atoms with Gasteiger partial charge >= 0.3 is 0 Å². The molecule has 0 fully saturated rings. The zero-order chi connectivity index (χ0) is 25.2. The number of fused-ring (bicyclic) bond motifs is 3. The minimum atomic E-state index is -0.283. The van der Waals surface area contributed by atoms with Crippen molar-refractivity contribution in [2.75, 3.05) is 5.32 Å². The lowest BCUT2D eigenvalue weighted by Gasteiger charge is -2.37. The summed E-state index contributed by atoms with van der Waals surface area (Å²) in [5, 5.41) is 4.37. The van der Waals surface area contributed by atoms with Crippen LogP contribution in [0.15, 0.2) is 108 Å². The molecule has 37 heavy (non-hydrogen) atoms. The van der Waals surface area contributed by atoms with E-state index in [1.807, 2.05) is 30.3 Å². The highest BCUT2D eigenvalue weighted by Crippen LogP contribution is 2.49. The van der Waals surface area contributed by atoms with Gasteiger partial charge in [0.05, 0.1) is 11.7 Å². The standard InChI is InChI=1S/C32H26ClFN2O/c33-24-13-16-31(37-20-21-5-3-6-25(34)17-21)23(18-24)19-35-26-14-11-22(12-15-26)32-29-9-4-8-27(29)28-7-1-2-10-30(28)36-32/h1-8,10-19,27,29,32,36H,9,20H2/t27-,29+,32-/m0/s1. The summed E-state index contributed by atoms with van der Waals surface area (Å²) in [6.07, 6.45) is 7.50. The van der Waals surface area contributed by atoms with Gasteiger partial charge in [-0.05, 0) is 77.6 Å². The fraction of sp³-hybridized carbons (Fsp3) is 0.156. The summed E-state index contributed by atoms with van der Waals surface area (Å²) in [7, 11) is 0. The van der Waals surface area contributed by atoms with Gasteiger partial charge in [-0.15, -0.1) is 0 Å². The van der Waals surface area contributed by atoms with Crippen molar-refractivity contribution in [1.82, 2.24) is 0 Å². The van der Waals surface area contributed by atoms with Crippen molar-refractivity contribution in [2.24, 2.45) is 10.9 Å². The molecule has 6 rings (SSSR count). The number of hydrogen-bond donors (Lipinski definition) is 1. The fourth-order valence-electron chi connectivity index (χ4n) is 5.32. The Bertz CT molecular complexity index is 1480. The number of benzene rings is 4. The molecule has 0 amide bonds. The number of nitrogens with zero attached hydrogens (tertiary/aromatic N) is 1. The monoisotopic (exact) mass is 508 g/mol. The van der Waals surface area contributed by atoms with Gasteiger partial charge in [-0.2, -0.15) is 0 Å². The highest BCUT2D eigenvalue weighted by molar-refractivity contribution is 6.30. The van der Waals surface area contributed by atoms with Gasteiger partial charge < -0.3 is 10.1 Å². The van der Waals surface area contributed by atoms with Crippen molar-refractivity contribution in [3.63, 3.8) is 0 Å². The van der Waals surface area contributed by atoms with Crippen LogP contribution in [-0.2, 0) is 6.61 Å². The van der Waals surface area contributed by atoms with Crippen molar-refractivity contribution in [2.45, 2.75) is 25.0 Å². The van der Waals surface area contributed by atoms with Crippen molar-refractivity contribution >= 4 is 29.2 Å². The zero-order valence-corrected chi connectivity index (χ0v) is 20.9. The maximum Gasteiger partial charge on any atom is 0.128 e. The molecule has 0 spiro atoms. The second-order valence-electron chi connectivity index (χ2n) is 9.51. The molecule has 1 aliphatic carbocycles. The number of rotatable bonds is 6. The zero-order valence-electron chi connectivity index (χ0n) is 20.1. The summed E-state index contributed by atoms with van der Waals surface area (Å²) in [6, 6.07) is 29.1. The second kappa shape index (κ2) is 10.2. The molecular formula is C32H26ClFN2O. The van der Waals surface area contributed by atoms with E-state index >= 15 is 0 Å². The predicted molar refractivity (Wildman–Crippen MR) is 149 cm³/mol. The average Bonchev–Trinajstić information content (AvgIpc) is 3.42. The van der Waals surface area contributed by atoms with E-state index in [-0.39, 0.29) is 18.5 Å². The number of anilines is 1. The number of ether oxygens (including phenoxy) is 1. The van der Waals surface area contributed by atoms with Crippen molar-refractivity contribution in [3.8, 4) is 5.75 Å². The summed E-state index contributed by atoms with van der Waals surface area (Å²) in [5.74, 6) is 1.32. The van der Waals surface area contributed by atoms with Crippen LogP contribution in [0.5, 0.6) is 5.75 Å². The summed E-state index contributed by atoms with van der Waals surface area (Å²) < 4.78 is 19.5. The molecular weight excluding hydrogens is 483 g/mol. The van der Waals surface area contributed by atoms with E-state index in [2.05, 4.69) is 58.9 Å². The second-order valence-corrected chi connectivity index (χ2v) is 9.95. The summed E-state index contributed by atoms with van der Waals surface area (Å²) >= 11 is 6.24. The Kier molecular flexibility index (Phi) is 6.50. The third-order valence-corrected chi connectivity index (χ3v) is 7.37. The first-order valence-electron chi connectivity index (χ1n) is 12.5. The molecule has 1 N–H and O–H groups in total. The minimum Gasteiger partial charge on any atom is -0.488 e. The van der Waals surface area contributed by atoms with Crippen molar-refractivity contribution < 1.29 is 9.13 Å². The van der Waals surface area contributed by atoms with E-state index in [1.54, 1.807) is 18.3 Å². The van der Waals surface area contributed by atoms with E-state index in [0.29, 0.717) is 22.6 Å². The molecule has 3 atom stereocenters. The number of para-hydroxylation sites is 1. The molecule has 0 aromatic heterocycles. The fourth-order valence-corrected chi connectivity index (χ4v) is 5.51. The van der Waals surface area contributed by atoms with E-state index in [1.165, 1.54) is 28.9 Å². The third kappa shape index (κ3) is 5.03. The highest BCUT2D eigenvalue weighted by atomic mass is 35.5. The third-order valence-electron chi connectivity index (χ3n) is 7.13. The van der Waals surface area contributed by atoms with Crippen LogP contribution in [0.4, 0.5) is 15.8 Å². The van der Waals surface area contributed by atoms with Gasteiger partial charge in [0.1, 0.15) is 18.2 Å². The van der Waals surface area contributed by atoms with Crippen LogP contribution < -0.4 is 10.1 Å². The first kappa shape index (κ1) is 23.5. The molecule has 184 valence electrons. The first-order valence-corrected chi connectivity index (χ1v) is 12.8. The van der Waals surface area contributed by atoms with Gasteiger partial charge in [0.15, 0.2) is 0 Å². The summed E-state index contributed by atoms with van der Waals surface area (Å²) in [6.45, 7) is 0.253. The smallest absolute Gasteiger partial charge is 0.128 e. The van der Waals surface area contributed by atoms with E-state index < -0.39 is 0 Å². The Labute approximate surface area is 221 Å². The van der Waals surface area contributed by atoms with Crippen LogP contribution >= 0.6 is 11.6 Å². The normalized spacial score (nSPS) is 19.9. The van der Waals surface area contributed by atoms with E-state index in [9.17, 15) is 4.39 Å². The first-order chi connectivity index (χ1) is 18.1. The van der Waals surface area contributed by atoms with E-state index in [0.717, 1.165) is 23.2 Å². The van der Waals surface area contributed by atoms with Crippen LogP contribution in [0.1, 0.15) is 40.6 Å². The van der Waals surface area contributed by atoms with Crippen LogP contribution in [0.25, 0.3) is 0 Å². The molecule has 4 aromatic rings. The van der Waals surface area contributed by atoms with Gasteiger partial charge in [0.25, 0.3) is 0 Å². The topological polar surface area (TPSA) is 33.6 Å². The van der Waals surface area contributed by atoms with Crippen LogP contribution in [0.2, 0.25) is 5.02 Å². The van der Waals surface area contributed by atoms with Gasteiger partial charge in [0.2, 0.25) is 0 Å². The van der Waals surface area contributed by atoms with Crippen LogP contribution in [-0.4, -0.2) is 6.21 Å². The molecule has 0 bridgehead atoms. The number of allylic oxidation sites excluding steroid dienone is 2. The maximum absolute atomic E-state index is 13.5. The minimum absolute atomic E-state index is 0.253. The lowest BCUT2D eigenvalue weighted by Crippen LogP contribution is -2.28. The predicted octanol–water partition coefficient (Wildman–Crippen LogP) is 8.64. The molecule has 1 heterocycles. The molecule has 5 heteroatoms. The Morgan fingerprint density at radius 3 is 2.70 bits per heavy atom. The number of aliphatic imine (C=N–C) groups is 1. The molecule has 2 aliphatic rings. The van der Waals surface area contributed by atoms with Gasteiger partial charge in [-0.25, -0.2) is 4.39 Å². The molecule has 0 radical (unpaired) electrons. The van der Waals surface area contributed by atoms with E-state index in [4.69, 9.17) is 16.3 Å². The summed E-state index contributed by atoms with van der Waals surface area (Å²) in [5.41, 5.74) is 6.22. The molecule has 0 saturated heterocycles. The van der Waals surface area contributed by atoms with Crippen LogP contribution in [0.3, 0.4) is 0 Å². The summed E-state index contributed by atoms with van der Waals surface area (Å²) in [4.78, 5) is 4.68. The van der Waals surface area contributed by atoms with Crippen LogP contribution in [0, 0.1) is 11.7 Å². The largest absolute Gasteiger partial charge is 0.488 e. The number of halogens is 2. The quantitative estimate of drug-likeness (QED) is 0.209. The molecule has 1 aliphatic heterocycles. The number of nitrogens with one attached hydrogen (secondary N) is 1. The average molecular weight is 509 g/mol. The van der Waals surface area contributed by atoms with Crippen molar-refractivity contribution in [3.05, 3.63) is 136 Å². The maximum atomic E-state index is 13.5. The Morgan fingerprint density at radius 2 is 1.84 bits per heavy atom. The molecule has 3 nitrogen and oxygen atoms in total. The molecule has 0 unspecified atom stereocenters. The Hall–Kier alpha value is -3.89. The Morgan fingerprint density at radius 1 is 0.973 bits per heavy atom. The molecule has 4 aromatic carbocycles. The number of hydrogen-bond acceptors (Lipinski definition) is 3. The van der Waals surface area contributed by atoms with Gasteiger partial charge in [-0.3, -0.25) is 4.99 Å². The lowest BCUT2D eigenvalue weighted by molar-refractivity contribution is 0.305. The SMILES string of the molecule is Fc1cccc(COc2ccc(Cl)cc2C=Nc2ccc([C@@H]3Nc4ccccc4[C@@H]4C=CC[C@H]43)cc2)c1. The Balaban J connectivity index is 1.19.